The van der Waals surface area contributed by atoms with Crippen molar-refractivity contribution >= 4 is 0 Å². The van der Waals surface area contributed by atoms with Crippen LogP contribution in [-0.4, -0.2) is 22.4 Å². The van der Waals surface area contributed by atoms with Crippen LogP contribution in [0.3, 0.4) is 0 Å². The number of aliphatic hydroxyl groups excluding tert-OH is 2. The third kappa shape index (κ3) is 4.96. The fourth-order valence-electron chi connectivity index (χ4n) is 13.1. The monoisotopic (exact) mass is 567 g/mol. The van der Waals surface area contributed by atoms with Crippen LogP contribution in [0.5, 0.6) is 0 Å². The van der Waals surface area contributed by atoms with Crippen LogP contribution in [0.1, 0.15) is 127 Å². The number of allylic oxidation sites excluding steroid dienone is 4. The zero-order chi connectivity index (χ0) is 30.1. The van der Waals surface area contributed by atoms with E-state index in [2.05, 4.69) is 80.5 Å². The lowest BCUT2D eigenvalue weighted by Gasteiger charge is -2.72. The van der Waals surface area contributed by atoms with Crippen LogP contribution in [0, 0.1) is 81.3 Å². The van der Waals surface area contributed by atoms with Crippen LogP contribution in [0.2, 0.25) is 0 Å². The van der Waals surface area contributed by atoms with Gasteiger partial charge in [-0.2, -0.15) is 0 Å². The number of hydrogen-bond acceptors (Lipinski definition) is 2. The second kappa shape index (κ2) is 11.4. The van der Waals surface area contributed by atoms with Crippen molar-refractivity contribution in [1.82, 2.24) is 0 Å². The van der Waals surface area contributed by atoms with E-state index in [0.717, 1.165) is 24.2 Å². The Bertz CT molecular complexity index is 996. The Balaban J connectivity index is 1.55. The highest BCUT2D eigenvalue weighted by molar-refractivity contribution is 5.24. The standard InChI is InChI=1S/C39H66O2/c1-11-23(2)17-18-30-19-31(29-15-13-12-14-16-29)32-21-37(8)22-38(9)20-24(3)33(28(7)40)36(41)39(38,10)27(6)35(37)26(5)34(32)25(30)4/h13,15,19,23-29,31-36,40-41H,11-12,14,16-18,20-22H2,1-10H3. The average molecular weight is 567 g/mol. The van der Waals surface area contributed by atoms with Gasteiger partial charge in [0.15, 0.2) is 0 Å². The van der Waals surface area contributed by atoms with Gasteiger partial charge in [-0.15, -0.1) is 0 Å². The van der Waals surface area contributed by atoms with Gasteiger partial charge in [-0.25, -0.2) is 0 Å². The van der Waals surface area contributed by atoms with E-state index in [9.17, 15) is 10.2 Å². The summed E-state index contributed by atoms with van der Waals surface area (Å²) in [5.74, 6) is 6.34. The molecule has 3 saturated carbocycles. The van der Waals surface area contributed by atoms with Crippen molar-refractivity contribution in [3.63, 3.8) is 0 Å². The Labute approximate surface area is 254 Å². The molecule has 16 unspecified atom stereocenters. The van der Waals surface area contributed by atoms with E-state index in [-0.39, 0.29) is 16.7 Å². The molecular weight excluding hydrogens is 500 g/mol. The van der Waals surface area contributed by atoms with Crippen molar-refractivity contribution < 1.29 is 10.2 Å². The molecule has 0 aromatic carbocycles. The average Bonchev–Trinajstić information content (AvgIpc) is 2.90. The molecule has 3 fully saturated rings. The third-order valence-corrected chi connectivity index (χ3v) is 15.2. The van der Waals surface area contributed by atoms with Gasteiger partial charge in [0.2, 0.25) is 0 Å². The third-order valence-electron chi connectivity index (χ3n) is 15.2. The van der Waals surface area contributed by atoms with Crippen molar-refractivity contribution in [3.05, 3.63) is 23.8 Å². The highest BCUT2D eigenvalue weighted by atomic mass is 16.3. The van der Waals surface area contributed by atoms with Crippen molar-refractivity contribution in [2.24, 2.45) is 81.3 Å². The molecule has 0 saturated heterocycles. The second-order valence-corrected chi connectivity index (χ2v) is 17.4. The molecule has 0 heterocycles. The van der Waals surface area contributed by atoms with Crippen LogP contribution in [0.4, 0.5) is 0 Å². The van der Waals surface area contributed by atoms with Crippen molar-refractivity contribution in [3.8, 4) is 0 Å². The highest BCUT2D eigenvalue weighted by Gasteiger charge is 2.69. The molecule has 0 amide bonds. The molecule has 0 aliphatic heterocycles. The van der Waals surface area contributed by atoms with Gasteiger partial charge >= 0.3 is 0 Å². The molecule has 5 rings (SSSR count). The summed E-state index contributed by atoms with van der Waals surface area (Å²) in [6.07, 6.45) is 18.6. The summed E-state index contributed by atoms with van der Waals surface area (Å²) in [7, 11) is 0. The molecule has 0 radical (unpaired) electrons. The van der Waals surface area contributed by atoms with Crippen LogP contribution in [-0.2, 0) is 0 Å². The van der Waals surface area contributed by atoms with Gasteiger partial charge in [-0.1, -0.05) is 92.5 Å². The molecule has 234 valence electrons. The largest absolute Gasteiger partial charge is 0.393 e. The molecule has 0 bridgehead atoms. The van der Waals surface area contributed by atoms with Crippen molar-refractivity contribution in [2.75, 3.05) is 0 Å². The lowest BCUT2D eigenvalue weighted by Crippen LogP contribution is -2.69. The maximum atomic E-state index is 12.2. The lowest BCUT2D eigenvalue weighted by molar-refractivity contribution is -0.267. The summed E-state index contributed by atoms with van der Waals surface area (Å²) in [5.41, 5.74) is 1.98. The molecule has 5 aliphatic carbocycles. The Morgan fingerprint density at radius 1 is 1.05 bits per heavy atom. The van der Waals surface area contributed by atoms with Crippen molar-refractivity contribution in [1.29, 1.82) is 0 Å². The summed E-state index contributed by atoms with van der Waals surface area (Å²) < 4.78 is 0. The highest BCUT2D eigenvalue weighted by Crippen LogP contribution is 2.74. The van der Waals surface area contributed by atoms with Gasteiger partial charge < -0.3 is 10.2 Å². The maximum Gasteiger partial charge on any atom is 0.0656 e. The van der Waals surface area contributed by atoms with E-state index >= 15 is 0 Å². The number of hydrogen-bond donors (Lipinski definition) is 2. The SMILES string of the molecule is CCC(C)CCC1=CC(C2C=CCCC2)C2CC3(C)CC4(C)CC(C)C(C(C)O)C(O)C4(C)C(C)C3C(C)C2C1C. The fraction of sp³-hybridized carbons (Fsp3) is 0.897. The minimum atomic E-state index is -0.462. The van der Waals surface area contributed by atoms with Gasteiger partial charge in [0.25, 0.3) is 0 Å². The Kier molecular flexibility index (Phi) is 8.84. The molecule has 2 heteroatoms. The van der Waals surface area contributed by atoms with Crippen molar-refractivity contribution in [2.45, 2.75) is 139 Å². The zero-order valence-corrected chi connectivity index (χ0v) is 28.5. The van der Waals surface area contributed by atoms with Gasteiger partial charge in [0.1, 0.15) is 0 Å². The fourth-order valence-corrected chi connectivity index (χ4v) is 13.1. The van der Waals surface area contributed by atoms with E-state index in [1.165, 1.54) is 51.4 Å². The van der Waals surface area contributed by atoms with Gasteiger partial charge in [0, 0.05) is 11.3 Å². The molecule has 16 atom stereocenters. The smallest absolute Gasteiger partial charge is 0.0656 e. The second-order valence-electron chi connectivity index (χ2n) is 17.4. The number of fused-ring (bicyclic) bond motifs is 3. The van der Waals surface area contributed by atoms with E-state index in [0.29, 0.717) is 46.8 Å². The first-order valence-corrected chi connectivity index (χ1v) is 17.9. The lowest BCUT2D eigenvalue weighted by atomic mass is 9.33. The molecular formula is C39H66O2. The van der Waals surface area contributed by atoms with Crippen LogP contribution >= 0.6 is 0 Å². The first-order chi connectivity index (χ1) is 19.2. The quantitative estimate of drug-likeness (QED) is 0.314. The minimum Gasteiger partial charge on any atom is -0.393 e. The number of rotatable bonds is 6. The summed E-state index contributed by atoms with van der Waals surface area (Å²) in [4.78, 5) is 0. The maximum absolute atomic E-state index is 12.2. The van der Waals surface area contributed by atoms with Gasteiger partial charge in [-0.3, -0.25) is 0 Å². The van der Waals surface area contributed by atoms with Gasteiger partial charge in [0.05, 0.1) is 12.2 Å². The Morgan fingerprint density at radius 3 is 2.37 bits per heavy atom. The predicted molar refractivity (Wildman–Crippen MR) is 173 cm³/mol. The van der Waals surface area contributed by atoms with E-state index < -0.39 is 12.2 Å². The predicted octanol–water partition coefficient (Wildman–Crippen LogP) is 9.71. The Hall–Kier alpha value is -0.600. The molecule has 41 heavy (non-hydrogen) atoms. The molecule has 5 aliphatic rings. The summed E-state index contributed by atoms with van der Waals surface area (Å²) >= 11 is 0. The molecule has 0 aromatic rings. The summed E-state index contributed by atoms with van der Waals surface area (Å²) in [6, 6.07) is 0. The summed E-state index contributed by atoms with van der Waals surface area (Å²) in [6.45, 7) is 24.4. The molecule has 2 N–H and O–H groups in total. The molecule has 0 aromatic heterocycles. The van der Waals surface area contributed by atoms with Crippen LogP contribution < -0.4 is 0 Å². The van der Waals surface area contributed by atoms with E-state index in [1.54, 1.807) is 5.57 Å². The van der Waals surface area contributed by atoms with Crippen LogP contribution in [0.25, 0.3) is 0 Å². The molecule has 0 spiro atoms. The first kappa shape index (κ1) is 31.8. The topological polar surface area (TPSA) is 40.5 Å². The van der Waals surface area contributed by atoms with Crippen LogP contribution in [0.15, 0.2) is 23.8 Å². The number of aliphatic hydroxyl groups is 2. The normalized spacial score (nSPS) is 53.0. The minimum absolute atomic E-state index is 0.0299. The summed E-state index contributed by atoms with van der Waals surface area (Å²) in [5, 5.41) is 23.0. The van der Waals surface area contributed by atoms with E-state index in [4.69, 9.17) is 0 Å². The molecule has 2 nitrogen and oxygen atoms in total. The Morgan fingerprint density at radius 2 is 1.76 bits per heavy atom. The van der Waals surface area contributed by atoms with Gasteiger partial charge in [-0.05, 0) is 128 Å². The zero-order valence-electron chi connectivity index (χ0n) is 28.5. The first-order valence-electron chi connectivity index (χ1n) is 17.9. The van der Waals surface area contributed by atoms with E-state index in [1.807, 2.05) is 6.92 Å².